The molecule has 3 aromatic rings. The van der Waals surface area contributed by atoms with E-state index in [0.29, 0.717) is 43.8 Å². The fourth-order valence-corrected chi connectivity index (χ4v) is 6.20. The summed E-state index contributed by atoms with van der Waals surface area (Å²) in [4.78, 5) is 42.9. The van der Waals surface area contributed by atoms with Crippen molar-refractivity contribution in [3.8, 4) is 11.6 Å². The van der Waals surface area contributed by atoms with Crippen molar-refractivity contribution >= 4 is 23.6 Å². The highest BCUT2D eigenvalue weighted by atomic mass is 19.4. The summed E-state index contributed by atoms with van der Waals surface area (Å²) in [5.74, 6) is 0.282. The van der Waals surface area contributed by atoms with Gasteiger partial charge in [0.1, 0.15) is 6.10 Å². The van der Waals surface area contributed by atoms with E-state index in [0.717, 1.165) is 0 Å². The highest BCUT2D eigenvalue weighted by Crippen LogP contribution is 2.44. The van der Waals surface area contributed by atoms with Crippen LogP contribution in [0.5, 0.6) is 11.6 Å². The van der Waals surface area contributed by atoms with E-state index in [1.165, 1.54) is 42.3 Å². The summed E-state index contributed by atoms with van der Waals surface area (Å²) in [6.07, 6.45) is -7.25. The Hall–Kier alpha value is -4.83. The third kappa shape index (κ3) is 7.97. The zero-order valence-corrected chi connectivity index (χ0v) is 27.7. The number of ether oxygens (including phenoxy) is 3. The topological polar surface area (TPSA) is 110 Å². The predicted molar refractivity (Wildman–Crippen MR) is 168 cm³/mol. The van der Waals surface area contributed by atoms with Crippen LogP contribution in [0, 0.1) is 0 Å². The quantitative estimate of drug-likeness (QED) is 0.221. The molecule has 2 aromatic heterocycles. The third-order valence-electron chi connectivity index (χ3n) is 8.60. The first-order chi connectivity index (χ1) is 23.6. The minimum atomic E-state index is -5.06. The smallest absolute Gasteiger partial charge is 0.416 e. The van der Waals surface area contributed by atoms with Gasteiger partial charge in [-0.25, -0.2) is 19.7 Å². The Kier molecular flexibility index (Phi) is 10.6. The van der Waals surface area contributed by atoms with Crippen LogP contribution in [0.2, 0.25) is 0 Å². The van der Waals surface area contributed by atoms with Crippen LogP contribution in [-0.2, 0) is 28.4 Å². The minimum Gasteiger partial charge on any atom is -0.485 e. The molecule has 2 aliphatic heterocycles. The number of pyridine rings is 1. The second-order valence-electron chi connectivity index (χ2n) is 11.9. The number of amides is 2. The molecule has 270 valence electrons. The second kappa shape index (κ2) is 14.6. The average Bonchev–Trinajstić information content (AvgIpc) is 3.55. The number of halogens is 6. The molecule has 4 heterocycles. The van der Waals surface area contributed by atoms with E-state index >= 15 is 0 Å². The Morgan fingerprint density at radius 2 is 1.66 bits per heavy atom. The predicted octanol–water partition coefficient (Wildman–Crippen LogP) is 6.81. The summed E-state index contributed by atoms with van der Waals surface area (Å²) in [5, 5.41) is 0. The normalized spacial score (nSPS) is 19.2. The van der Waals surface area contributed by atoms with Crippen LogP contribution in [-0.4, -0.2) is 70.8 Å². The van der Waals surface area contributed by atoms with Crippen molar-refractivity contribution in [3.05, 3.63) is 65.1 Å². The number of methoxy groups -OCH3 is 1. The second-order valence-corrected chi connectivity index (χ2v) is 11.9. The number of alkyl halides is 6. The van der Waals surface area contributed by atoms with Crippen molar-refractivity contribution in [1.29, 1.82) is 0 Å². The molecule has 2 unspecified atom stereocenters. The van der Waals surface area contributed by atoms with E-state index in [-0.39, 0.29) is 59.9 Å². The Balaban J connectivity index is 1.61. The zero-order chi connectivity index (χ0) is 36.4. The lowest BCUT2D eigenvalue weighted by Gasteiger charge is -2.43. The molecule has 2 aliphatic rings. The molecule has 1 fully saturated rings. The lowest BCUT2D eigenvalue weighted by atomic mass is 9.92. The number of rotatable bonds is 9. The van der Waals surface area contributed by atoms with Gasteiger partial charge in [-0.05, 0) is 49.6 Å². The highest BCUT2D eigenvalue weighted by Gasteiger charge is 2.42. The Morgan fingerprint density at radius 3 is 2.20 bits per heavy atom. The summed E-state index contributed by atoms with van der Waals surface area (Å²) >= 11 is 0. The molecule has 0 spiro atoms. The molecule has 0 bridgehead atoms. The van der Waals surface area contributed by atoms with E-state index in [2.05, 4.69) is 15.0 Å². The summed E-state index contributed by atoms with van der Waals surface area (Å²) < 4.78 is 99.9. The summed E-state index contributed by atoms with van der Waals surface area (Å²) in [6.45, 7) is 5.42. The van der Waals surface area contributed by atoms with Gasteiger partial charge in [0, 0.05) is 38.5 Å². The number of carbonyl (C=O) groups is 2. The molecule has 0 saturated carbocycles. The molecule has 5 rings (SSSR count). The van der Waals surface area contributed by atoms with Crippen molar-refractivity contribution in [2.45, 2.75) is 77.1 Å². The van der Waals surface area contributed by atoms with E-state index in [1.54, 1.807) is 17.9 Å². The average molecular weight is 711 g/mol. The van der Waals surface area contributed by atoms with Crippen LogP contribution in [0.25, 0.3) is 0 Å². The lowest BCUT2D eigenvalue weighted by molar-refractivity contribution is -0.143. The zero-order valence-electron chi connectivity index (χ0n) is 27.7. The first-order valence-corrected chi connectivity index (χ1v) is 15.9. The van der Waals surface area contributed by atoms with Gasteiger partial charge in [0.05, 0.1) is 61.2 Å². The van der Waals surface area contributed by atoms with E-state index in [1.807, 2.05) is 6.92 Å². The van der Waals surface area contributed by atoms with Crippen molar-refractivity contribution in [3.63, 3.8) is 0 Å². The number of nitrogens with zero attached hydrogens (tertiary/aromatic N) is 6. The van der Waals surface area contributed by atoms with Crippen LogP contribution in [0.1, 0.15) is 68.5 Å². The standard InChI is InChI=1S/C33H36F6N6O5/c1-5-23-14-27(29-26(7-8-28(42-29)48-4)45(23)31(47)49-6-2)44(17-20-11-21(32(34,35)36)13-22(12-20)33(37,38)39)30-40-15-25(16-41-30)50-24-9-10-43(18-24)19(3)46/h7-8,11-13,15-16,23-24,27H,5-6,9-10,14,17-18H2,1-4H3/t23?,24-,27?/m0/s1. The Bertz CT molecular complexity index is 1660. The van der Waals surface area contributed by atoms with Crippen LogP contribution in [0.4, 0.5) is 42.8 Å². The largest absolute Gasteiger partial charge is 0.485 e. The van der Waals surface area contributed by atoms with Crippen LogP contribution in [0.15, 0.2) is 42.7 Å². The van der Waals surface area contributed by atoms with Gasteiger partial charge in [-0.1, -0.05) is 6.92 Å². The molecule has 17 heteroatoms. The SMILES string of the molecule is CCOC(=O)N1c2ccc(OC)nc2C(N(Cc2cc(C(F)(F)F)cc(C(F)(F)F)c2)c2ncc(O[C@H]3CCN(C(C)=O)C3)cn2)CC1CC. The molecule has 11 nitrogen and oxygen atoms in total. The van der Waals surface area contributed by atoms with Crippen molar-refractivity contribution in [2.75, 3.05) is 36.6 Å². The molecule has 1 aromatic carbocycles. The lowest BCUT2D eigenvalue weighted by Crippen LogP contribution is -2.48. The van der Waals surface area contributed by atoms with Crippen LogP contribution < -0.4 is 19.3 Å². The van der Waals surface area contributed by atoms with E-state index in [9.17, 15) is 35.9 Å². The molecule has 2 amide bonds. The minimum absolute atomic E-state index is 0.0416. The van der Waals surface area contributed by atoms with E-state index < -0.39 is 48.2 Å². The summed E-state index contributed by atoms with van der Waals surface area (Å²) in [7, 11) is 1.38. The fourth-order valence-electron chi connectivity index (χ4n) is 6.20. The van der Waals surface area contributed by atoms with Crippen LogP contribution >= 0.6 is 0 Å². The number of likely N-dealkylation sites (tertiary alicyclic amines) is 1. The summed E-state index contributed by atoms with van der Waals surface area (Å²) in [6, 6.07) is 3.15. The third-order valence-corrected chi connectivity index (χ3v) is 8.60. The number of aromatic nitrogens is 3. The molecule has 1 saturated heterocycles. The highest BCUT2D eigenvalue weighted by molar-refractivity contribution is 5.90. The molecule has 0 N–H and O–H groups in total. The number of fused-ring (bicyclic) bond motifs is 1. The van der Waals surface area contributed by atoms with Gasteiger partial charge in [-0.2, -0.15) is 26.3 Å². The Labute approximate surface area is 284 Å². The molecular formula is C33H36F6N6O5. The first kappa shape index (κ1) is 36.5. The fraction of sp³-hybridized carbons (Fsp3) is 0.485. The Morgan fingerprint density at radius 1 is 1.00 bits per heavy atom. The number of carbonyl (C=O) groups excluding carboxylic acids is 2. The molecule has 0 radical (unpaired) electrons. The number of hydrogen-bond acceptors (Lipinski definition) is 9. The van der Waals surface area contributed by atoms with Gasteiger partial charge in [0.25, 0.3) is 0 Å². The number of benzene rings is 1. The van der Waals surface area contributed by atoms with Crippen molar-refractivity contribution in [1.82, 2.24) is 19.9 Å². The van der Waals surface area contributed by atoms with Gasteiger partial charge >= 0.3 is 18.4 Å². The summed E-state index contributed by atoms with van der Waals surface area (Å²) in [5.41, 5.74) is -2.66. The first-order valence-electron chi connectivity index (χ1n) is 15.9. The van der Waals surface area contributed by atoms with Crippen molar-refractivity contribution in [2.24, 2.45) is 0 Å². The molecule has 50 heavy (non-hydrogen) atoms. The van der Waals surface area contributed by atoms with Gasteiger partial charge < -0.3 is 24.0 Å². The maximum absolute atomic E-state index is 13.9. The van der Waals surface area contributed by atoms with Gasteiger partial charge in [0.2, 0.25) is 17.7 Å². The van der Waals surface area contributed by atoms with Crippen LogP contribution in [0.3, 0.4) is 0 Å². The number of hydrogen-bond donors (Lipinski definition) is 0. The molecular weight excluding hydrogens is 674 g/mol. The number of anilines is 2. The van der Waals surface area contributed by atoms with Crippen molar-refractivity contribution < 1.29 is 50.1 Å². The van der Waals surface area contributed by atoms with E-state index in [4.69, 9.17) is 14.2 Å². The van der Waals surface area contributed by atoms with Gasteiger partial charge in [-0.3, -0.25) is 9.69 Å². The monoisotopic (exact) mass is 710 g/mol. The molecule has 0 aliphatic carbocycles. The van der Waals surface area contributed by atoms with Gasteiger partial charge in [0.15, 0.2) is 5.75 Å². The molecule has 3 atom stereocenters. The van der Waals surface area contributed by atoms with Gasteiger partial charge in [-0.15, -0.1) is 0 Å². The maximum Gasteiger partial charge on any atom is 0.416 e. The maximum atomic E-state index is 13.9.